The highest BCUT2D eigenvalue weighted by Crippen LogP contribution is 2.04. The molecule has 1 aliphatic rings. The Morgan fingerprint density at radius 3 is 3.29 bits per heavy atom. The standard InChI is InChI=1S/C11H20N2S/c1-3-8-14-9-7-13-6-4-5-12-11(2)10-13/h1,11-12H,4-10H2,2H3. The summed E-state index contributed by atoms with van der Waals surface area (Å²) in [5, 5.41) is 3.50. The highest BCUT2D eigenvalue weighted by Gasteiger charge is 2.12. The number of nitrogens with one attached hydrogen (secondary N) is 1. The largest absolute Gasteiger partial charge is 0.313 e. The number of hydrogen-bond donors (Lipinski definition) is 1. The van der Waals surface area contributed by atoms with Crippen molar-refractivity contribution in [2.24, 2.45) is 0 Å². The predicted molar refractivity (Wildman–Crippen MR) is 64.7 cm³/mol. The van der Waals surface area contributed by atoms with Crippen molar-refractivity contribution in [1.82, 2.24) is 10.2 Å². The van der Waals surface area contributed by atoms with E-state index in [-0.39, 0.29) is 0 Å². The summed E-state index contributed by atoms with van der Waals surface area (Å²) in [7, 11) is 0. The molecule has 0 aliphatic carbocycles. The zero-order valence-electron chi connectivity index (χ0n) is 8.96. The van der Waals surface area contributed by atoms with Crippen LogP contribution in [0.15, 0.2) is 0 Å². The third-order valence-electron chi connectivity index (χ3n) is 2.41. The first-order valence-corrected chi connectivity index (χ1v) is 6.45. The maximum absolute atomic E-state index is 5.20. The summed E-state index contributed by atoms with van der Waals surface area (Å²) in [5.74, 6) is 4.67. The van der Waals surface area contributed by atoms with E-state index in [4.69, 9.17) is 6.42 Å². The molecule has 1 unspecified atom stereocenters. The van der Waals surface area contributed by atoms with Gasteiger partial charge in [-0.2, -0.15) is 0 Å². The van der Waals surface area contributed by atoms with Gasteiger partial charge in [0.05, 0.1) is 5.75 Å². The Kier molecular flexibility index (Phi) is 6.09. The quantitative estimate of drug-likeness (QED) is 0.554. The molecule has 0 radical (unpaired) electrons. The van der Waals surface area contributed by atoms with E-state index in [1.807, 2.05) is 11.8 Å². The van der Waals surface area contributed by atoms with E-state index in [0.717, 1.165) is 18.1 Å². The molecule has 1 N–H and O–H groups in total. The fourth-order valence-corrected chi connectivity index (χ4v) is 2.37. The average molecular weight is 212 g/mol. The molecule has 0 aromatic heterocycles. The van der Waals surface area contributed by atoms with Gasteiger partial charge in [0.25, 0.3) is 0 Å². The van der Waals surface area contributed by atoms with Gasteiger partial charge >= 0.3 is 0 Å². The van der Waals surface area contributed by atoms with E-state index >= 15 is 0 Å². The van der Waals surface area contributed by atoms with Crippen LogP contribution in [-0.2, 0) is 0 Å². The first kappa shape index (κ1) is 11.9. The van der Waals surface area contributed by atoms with E-state index < -0.39 is 0 Å². The summed E-state index contributed by atoms with van der Waals surface area (Å²) in [6.07, 6.45) is 6.47. The third-order valence-corrected chi connectivity index (χ3v) is 3.26. The van der Waals surface area contributed by atoms with Crippen molar-refractivity contribution in [1.29, 1.82) is 0 Å². The van der Waals surface area contributed by atoms with Gasteiger partial charge < -0.3 is 10.2 Å². The molecule has 80 valence electrons. The Labute approximate surface area is 91.8 Å². The van der Waals surface area contributed by atoms with E-state index in [1.54, 1.807) is 0 Å². The van der Waals surface area contributed by atoms with Crippen LogP contribution in [0.3, 0.4) is 0 Å². The topological polar surface area (TPSA) is 15.3 Å². The fraction of sp³-hybridized carbons (Fsp3) is 0.818. The molecular weight excluding hydrogens is 192 g/mol. The van der Waals surface area contributed by atoms with Gasteiger partial charge in [0.2, 0.25) is 0 Å². The summed E-state index contributed by atoms with van der Waals surface area (Å²) >= 11 is 1.86. The minimum Gasteiger partial charge on any atom is -0.313 e. The molecule has 1 fully saturated rings. The predicted octanol–water partition coefficient (Wildman–Crippen LogP) is 1.04. The highest BCUT2D eigenvalue weighted by molar-refractivity contribution is 7.99. The zero-order chi connectivity index (χ0) is 10.2. The molecule has 2 nitrogen and oxygen atoms in total. The molecule has 1 aliphatic heterocycles. The van der Waals surface area contributed by atoms with Crippen LogP contribution >= 0.6 is 11.8 Å². The molecule has 1 atom stereocenters. The van der Waals surface area contributed by atoms with Gasteiger partial charge in [-0.15, -0.1) is 18.2 Å². The second-order valence-corrected chi connectivity index (χ2v) is 4.87. The summed E-state index contributed by atoms with van der Waals surface area (Å²) < 4.78 is 0. The van der Waals surface area contributed by atoms with Gasteiger partial charge in [0, 0.05) is 24.9 Å². The molecule has 1 rings (SSSR count). The Bertz CT molecular complexity index is 188. The van der Waals surface area contributed by atoms with E-state index in [1.165, 1.54) is 26.1 Å². The molecule has 0 aromatic carbocycles. The van der Waals surface area contributed by atoms with Crippen LogP contribution in [-0.4, -0.2) is 48.6 Å². The number of terminal acetylenes is 1. The fourth-order valence-electron chi connectivity index (χ4n) is 1.72. The van der Waals surface area contributed by atoms with Crippen LogP contribution in [0.25, 0.3) is 0 Å². The average Bonchev–Trinajstić information content (AvgIpc) is 2.38. The van der Waals surface area contributed by atoms with Crippen molar-refractivity contribution < 1.29 is 0 Å². The van der Waals surface area contributed by atoms with Crippen LogP contribution < -0.4 is 5.32 Å². The lowest BCUT2D eigenvalue weighted by Crippen LogP contribution is -2.36. The Balaban J connectivity index is 2.12. The molecule has 0 bridgehead atoms. The van der Waals surface area contributed by atoms with Crippen LogP contribution in [0, 0.1) is 12.3 Å². The maximum atomic E-state index is 5.20. The molecular formula is C11H20N2S. The number of thioether (sulfide) groups is 1. The minimum atomic E-state index is 0.634. The monoisotopic (exact) mass is 212 g/mol. The first-order chi connectivity index (χ1) is 6.83. The van der Waals surface area contributed by atoms with Crippen LogP contribution in [0.1, 0.15) is 13.3 Å². The maximum Gasteiger partial charge on any atom is 0.0545 e. The first-order valence-electron chi connectivity index (χ1n) is 5.30. The number of hydrogen-bond acceptors (Lipinski definition) is 3. The number of nitrogens with zero attached hydrogens (tertiary/aromatic N) is 1. The van der Waals surface area contributed by atoms with E-state index in [2.05, 4.69) is 23.1 Å². The van der Waals surface area contributed by atoms with Gasteiger partial charge in [0.1, 0.15) is 0 Å². The molecule has 1 saturated heterocycles. The van der Waals surface area contributed by atoms with Gasteiger partial charge in [-0.1, -0.05) is 5.92 Å². The lowest BCUT2D eigenvalue weighted by Gasteiger charge is -2.21. The van der Waals surface area contributed by atoms with Gasteiger partial charge in [-0.3, -0.25) is 0 Å². The Morgan fingerprint density at radius 1 is 1.64 bits per heavy atom. The van der Waals surface area contributed by atoms with Crippen molar-refractivity contribution in [3.63, 3.8) is 0 Å². The molecule has 3 heteroatoms. The van der Waals surface area contributed by atoms with Crippen molar-refractivity contribution in [3.8, 4) is 12.3 Å². The second-order valence-electron chi connectivity index (χ2n) is 3.77. The SMILES string of the molecule is C#CCSCCN1CCCNC(C)C1. The summed E-state index contributed by atoms with van der Waals surface area (Å²) in [5.41, 5.74) is 0. The molecule has 0 amide bonds. The van der Waals surface area contributed by atoms with Gasteiger partial charge in [-0.25, -0.2) is 0 Å². The zero-order valence-corrected chi connectivity index (χ0v) is 9.78. The summed E-state index contributed by atoms with van der Waals surface area (Å²) in [6.45, 7) is 7.00. The highest BCUT2D eigenvalue weighted by atomic mass is 32.2. The van der Waals surface area contributed by atoms with Crippen LogP contribution in [0.4, 0.5) is 0 Å². The minimum absolute atomic E-state index is 0.634. The molecule has 0 aromatic rings. The molecule has 14 heavy (non-hydrogen) atoms. The second kappa shape index (κ2) is 7.17. The van der Waals surface area contributed by atoms with Crippen molar-refractivity contribution >= 4 is 11.8 Å². The van der Waals surface area contributed by atoms with Crippen molar-refractivity contribution in [2.75, 3.05) is 37.7 Å². The summed E-state index contributed by atoms with van der Waals surface area (Å²) in [6, 6.07) is 0.634. The normalized spacial score (nSPS) is 24.1. The number of rotatable bonds is 4. The van der Waals surface area contributed by atoms with Crippen LogP contribution in [0.5, 0.6) is 0 Å². The lowest BCUT2D eigenvalue weighted by molar-refractivity contribution is 0.289. The van der Waals surface area contributed by atoms with Crippen LogP contribution in [0.2, 0.25) is 0 Å². The molecule has 1 heterocycles. The Morgan fingerprint density at radius 2 is 2.50 bits per heavy atom. The lowest BCUT2D eigenvalue weighted by atomic mass is 10.3. The van der Waals surface area contributed by atoms with E-state index in [0.29, 0.717) is 6.04 Å². The van der Waals surface area contributed by atoms with E-state index in [9.17, 15) is 0 Å². The third kappa shape index (κ3) is 4.90. The Hall–Kier alpha value is -0.170. The van der Waals surface area contributed by atoms with Crippen molar-refractivity contribution in [2.45, 2.75) is 19.4 Å². The van der Waals surface area contributed by atoms with Crippen molar-refractivity contribution in [3.05, 3.63) is 0 Å². The smallest absolute Gasteiger partial charge is 0.0545 e. The van der Waals surface area contributed by atoms with Gasteiger partial charge in [-0.05, 0) is 26.4 Å². The van der Waals surface area contributed by atoms with Gasteiger partial charge in [0.15, 0.2) is 0 Å². The summed E-state index contributed by atoms with van der Waals surface area (Å²) in [4.78, 5) is 2.54. The molecule has 0 spiro atoms. The molecule has 0 saturated carbocycles.